The summed E-state index contributed by atoms with van der Waals surface area (Å²) in [5, 5.41) is 14.6. The van der Waals surface area contributed by atoms with Crippen LogP contribution in [-0.2, 0) is 9.53 Å². The fourth-order valence-corrected chi connectivity index (χ4v) is 1.08. The zero-order valence-corrected chi connectivity index (χ0v) is 8.09. The van der Waals surface area contributed by atoms with Gasteiger partial charge in [-0.2, -0.15) is 5.26 Å². The number of rotatable bonds is 3. The first-order chi connectivity index (χ1) is 6.79. The molecule has 0 aliphatic carbocycles. The van der Waals surface area contributed by atoms with Crippen LogP contribution < -0.4 is 10.6 Å². The molecule has 5 heteroatoms. The van der Waals surface area contributed by atoms with Crippen molar-refractivity contribution in [3.8, 4) is 6.07 Å². The molecule has 0 aromatic rings. The summed E-state index contributed by atoms with van der Waals surface area (Å²) in [6.45, 7) is 3.69. The standard InChI is InChI=1S/C9H13N3O2/c1-2-5-14-9(13)7(6-10)8-11-3-4-12-8/h11-12H,2-5H2,1H3. The molecule has 1 rings (SSSR count). The van der Waals surface area contributed by atoms with Crippen LogP contribution >= 0.6 is 0 Å². The van der Waals surface area contributed by atoms with E-state index in [0.717, 1.165) is 19.5 Å². The van der Waals surface area contributed by atoms with E-state index in [9.17, 15) is 4.79 Å². The first-order valence-electron chi connectivity index (χ1n) is 4.58. The summed E-state index contributed by atoms with van der Waals surface area (Å²) >= 11 is 0. The van der Waals surface area contributed by atoms with Gasteiger partial charge in [-0.25, -0.2) is 4.79 Å². The maximum atomic E-state index is 11.3. The number of hydrogen-bond donors (Lipinski definition) is 2. The van der Waals surface area contributed by atoms with Crippen molar-refractivity contribution in [2.45, 2.75) is 13.3 Å². The van der Waals surface area contributed by atoms with Crippen molar-refractivity contribution in [3.63, 3.8) is 0 Å². The Balaban J connectivity index is 2.66. The Morgan fingerprint density at radius 2 is 2.21 bits per heavy atom. The van der Waals surface area contributed by atoms with Crippen molar-refractivity contribution < 1.29 is 9.53 Å². The summed E-state index contributed by atoms with van der Waals surface area (Å²) in [5.41, 5.74) is 0.0240. The lowest BCUT2D eigenvalue weighted by atomic mass is 10.3. The van der Waals surface area contributed by atoms with E-state index in [1.807, 2.05) is 13.0 Å². The molecule has 0 bridgehead atoms. The van der Waals surface area contributed by atoms with E-state index >= 15 is 0 Å². The van der Waals surface area contributed by atoms with Gasteiger partial charge < -0.3 is 15.4 Å². The predicted molar refractivity (Wildman–Crippen MR) is 49.9 cm³/mol. The number of ether oxygens (including phenoxy) is 1. The molecule has 0 aromatic carbocycles. The first-order valence-corrected chi connectivity index (χ1v) is 4.58. The number of carbonyl (C=O) groups excluding carboxylic acids is 1. The fourth-order valence-electron chi connectivity index (χ4n) is 1.08. The normalized spacial score (nSPS) is 13.9. The topological polar surface area (TPSA) is 74.2 Å². The Bertz CT molecular complexity index is 283. The minimum Gasteiger partial charge on any atom is -0.461 e. The van der Waals surface area contributed by atoms with Crippen molar-refractivity contribution in [2.75, 3.05) is 19.7 Å². The average Bonchev–Trinajstić information content (AvgIpc) is 2.69. The van der Waals surface area contributed by atoms with Gasteiger partial charge in [-0.3, -0.25) is 0 Å². The first kappa shape index (κ1) is 10.4. The van der Waals surface area contributed by atoms with Gasteiger partial charge in [0.1, 0.15) is 11.9 Å². The molecule has 1 heterocycles. The summed E-state index contributed by atoms with van der Waals surface area (Å²) in [6, 6.07) is 1.83. The smallest absolute Gasteiger partial charge is 0.352 e. The van der Waals surface area contributed by atoms with E-state index in [1.165, 1.54) is 0 Å². The third-order valence-corrected chi connectivity index (χ3v) is 1.73. The third-order valence-electron chi connectivity index (χ3n) is 1.73. The molecule has 0 atom stereocenters. The van der Waals surface area contributed by atoms with Gasteiger partial charge in [-0.15, -0.1) is 0 Å². The Morgan fingerprint density at radius 1 is 1.57 bits per heavy atom. The maximum Gasteiger partial charge on any atom is 0.352 e. The molecule has 0 aromatic heterocycles. The van der Waals surface area contributed by atoms with Gasteiger partial charge in [-0.05, 0) is 6.42 Å². The van der Waals surface area contributed by atoms with Crippen LogP contribution in [-0.4, -0.2) is 25.7 Å². The molecular weight excluding hydrogens is 182 g/mol. The van der Waals surface area contributed by atoms with Crippen LogP contribution in [0.3, 0.4) is 0 Å². The van der Waals surface area contributed by atoms with Crippen molar-refractivity contribution in [2.24, 2.45) is 0 Å². The number of nitrogens with zero attached hydrogens (tertiary/aromatic N) is 1. The van der Waals surface area contributed by atoms with Crippen LogP contribution in [0.4, 0.5) is 0 Å². The fraction of sp³-hybridized carbons (Fsp3) is 0.556. The number of carbonyl (C=O) groups is 1. The average molecular weight is 195 g/mol. The number of hydrogen-bond acceptors (Lipinski definition) is 5. The molecule has 2 N–H and O–H groups in total. The summed E-state index contributed by atoms with van der Waals surface area (Å²) in [5.74, 6) is -0.0835. The van der Waals surface area contributed by atoms with E-state index < -0.39 is 5.97 Å². The van der Waals surface area contributed by atoms with Gasteiger partial charge in [0.15, 0.2) is 5.57 Å². The minimum atomic E-state index is -0.564. The molecule has 76 valence electrons. The number of nitrogens with one attached hydrogen (secondary N) is 2. The minimum absolute atomic E-state index is 0.0240. The number of nitriles is 1. The molecule has 5 nitrogen and oxygen atoms in total. The molecule has 0 amide bonds. The van der Waals surface area contributed by atoms with E-state index in [2.05, 4.69) is 10.6 Å². The molecule has 1 aliphatic rings. The van der Waals surface area contributed by atoms with Gasteiger partial charge >= 0.3 is 5.97 Å². The Hall–Kier alpha value is -1.70. The lowest BCUT2D eigenvalue weighted by Crippen LogP contribution is -2.19. The van der Waals surface area contributed by atoms with Crippen LogP contribution in [0.15, 0.2) is 11.4 Å². The van der Waals surface area contributed by atoms with E-state index in [-0.39, 0.29) is 5.57 Å². The molecule has 14 heavy (non-hydrogen) atoms. The molecule has 1 fully saturated rings. The van der Waals surface area contributed by atoms with Crippen molar-refractivity contribution >= 4 is 5.97 Å². The van der Waals surface area contributed by atoms with Crippen molar-refractivity contribution in [1.82, 2.24) is 10.6 Å². The highest BCUT2D eigenvalue weighted by Crippen LogP contribution is 2.03. The second-order valence-corrected chi connectivity index (χ2v) is 2.85. The molecular formula is C9H13N3O2. The van der Waals surface area contributed by atoms with Crippen molar-refractivity contribution in [1.29, 1.82) is 5.26 Å². The summed E-state index contributed by atoms with van der Waals surface area (Å²) in [4.78, 5) is 11.3. The highest BCUT2D eigenvalue weighted by atomic mass is 16.5. The van der Waals surface area contributed by atoms with Crippen LogP contribution in [0.2, 0.25) is 0 Å². The summed E-state index contributed by atoms with van der Waals surface area (Å²) < 4.78 is 4.86. The van der Waals surface area contributed by atoms with Crippen LogP contribution in [0.1, 0.15) is 13.3 Å². The Kier molecular flexibility index (Phi) is 3.80. The van der Waals surface area contributed by atoms with Gasteiger partial charge in [0, 0.05) is 13.1 Å². The van der Waals surface area contributed by atoms with Crippen LogP contribution in [0.25, 0.3) is 0 Å². The Morgan fingerprint density at radius 3 is 2.71 bits per heavy atom. The van der Waals surface area contributed by atoms with Crippen LogP contribution in [0.5, 0.6) is 0 Å². The highest BCUT2D eigenvalue weighted by molar-refractivity contribution is 5.93. The van der Waals surface area contributed by atoms with Crippen molar-refractivity contribution in [3.05, 3.63) is 11.4 Å². The second kappa shape index (κ2) is 5.12. The van der Waals surface area contributed by atoms with Crippen LogP contribution in [0, 0.1) is 11.3 Å². The number of esters is 1. The second-order valence-electron chi connectivity index (χ2n) is 2.85. The van der Waals surface area contributed by atoms with E-state index in [4.69, 9.17) is 10.00 Å². The summed E-state index contributed by atoms with van der Waals surface area (Å²) in [6.07, 6.45) is 0.751. The third kappa shape index (κ3) is 2.39. The van der Waals surface area contributed by atoms with Gasteiger partial charge in [-0.1, -0.05) is 6.92 Å². The zero-order valence-electron chi connectivity index (χ0n) is 8.09. The quantitative estimate of drug-likeness (QED) is 0.373. The summed E-state index contributed by atoms with van der Waals surface area (Å²) in [7, 11) is 0. The molecule has 0 saturated carbocycles. The maximum absolute atomic E-state index is 11.3. The molecule has 0 unspecified atom stereocenters. The van der Waals surface area contributed by atoms with Gasteiger partial charge in [0.25, 0.3) is 0 Å². The SMILES string of the molecule is CCCOC(=O)C(C#N)=C1NCCN1. The van der Waals surface area contributed by atoms with E-state index in [0.29, 0.717) is 12.4 Å². The molecule has 0 spiro atoms. The monoisotopic (exact) mass is 195 g/mol. The lowest BCUT2D eigenvalue weighted by Gasteiger charge is -2.04. The van der Waals surface area contributed by atoms with Gasteiger partial charge in [0.2, 0.25) is 0 Å². The lowest BCUT2D eigenvalue weighted by molar-refractivity contribution is -0.138. The largest absolute Gasteiger partial charge is 0.461 e. The predicted octanol–water partition coefficient (Wildman–Crippen LogP) is -0.132. The van der Waals surface area contributed by atoms with Gasteiger partial charge in [0.05, 0.1) is 6.61 Å². The molecule has 1 aliphatic heterocycles. The highest BCUT2D eigenvalue weighted by Gasteiger charge is 2.18. The zero-order chi connectivity index (χ0) is 10.4. The Labute approximate surface area is 82.7 Å². The van der Waals surface area contributed by atoms with E-state index in [1.54, 1.807) is 0 Å². The molecule has 1 saturated heterocycles. The molecule has 0 radical (unpaired) electrons.